The Morgan fingerprint density at radius 2 is 1.76 bits per heavy atom. The van der Waals surface area contributed by atoms with Crippen LogP contribution in [0.1, 0.15) is 15.9 Å². The highest BCUT2D eigenvalue weighted by Crippen LogP contribution is 2.43. The summed E-state index contributed by atoms with van der Waals surface area (Å²) < 4.78 is 0. The van der Waals surface area contributed by atoms with E-state index in [-0.39, 0.29) is 17.4 Å². The summed E-state index contributed by atoms with van der Waals surface area (Å²) in [5.41, 5.74) is 2.64. The van der Waals surface area contributed by atoms with Crippen molar-refractivity contribution in [3.8, 4) is 0 Å². The third kappa shape index (κ3) is 3.21. The van der Waals surface area contributed by atoms with E-state index < -0.39 is 0 Å². The van der Waals surface area contributed by atoms with Crippen molar-refractivity contribution in [1.82, 2.24) is 15.1 Å². The molecule has 0 aliphatic carbocycles. The van der Waals surface area contributed by atoms with Gasteiger partial charge in [0.25, 0.3) is 5.91 Å². The minimum Gasteiger partial charge on any atom is -0.387 e. The van der Waals surface area contributed by atoms with Crippen LogP contribution in [-0.4, -0.2) is 68.1 Å². The molecule has 152 valence electrons. The Bertz CT molecular complexity index is 902. The lowest BCUT2D eigenvalue weighted by atomic mass is 9.64. The maximum Gasteiger partial charge on any atom is 0.253 e. The Kier molecular flexibility index (Phi) is 4.77. The van der Waals surface area contributed by atoms with Gasteiger partial charge in [0, 0.05) is 74.4 Å². The van der Waals surface area contributed by atoms with Gasteiger partial charge in [-0.2, -0.15) is 0 Å². The maximum atomic E-state index is 13.4. The first-order valence-electron chi connectivity index (χ1n) is 10.4. The molecule has 4 fully saturated rings. The third-order valence-corrected chi connectivity index (χ3v) is 7.16. The van der Waals surface area contributed by atoms with Gasteiger partial charge in [0.2, 0.25) is 0 Å². The van der Waals surface area contributed by atoms with E-state index in [2.05, 4.69) is 50.8 Å². The summed E-state index contributed by atoms with van der Waals surface area (Å²) in [7, 11) is 1.83. The minimum atomic E-state index is -0.0903. The van der Waals surface area contributed by atoms with Crippen molar-refractivity contribution < 1.29 is 4.79 Å². The van der Waals surface area contributed by atoms with Gasteiger partial charge in [0.15, 0.2) is 0 Å². The van der Waals surface area contributed by atoms with Crippen molar-refractivity contribution >= 4 is 23.2 Å². The summed E-state index contributed by atoms with van der Waals surface area (Å²) in [6.07, 6.45) is 0. The molecule has 0 spiro atoms. The molecule has 5 nitrogen and oxygen atoms in total. The number of nitrogens with zero attached hydrogens (tertiary/aromatic N) is 2. The molecule has 4 heterocycles. The molecule has 4 aliphatic rings. The molecule has 0 radical (unpaired) electrons. The summed E-state index contributed by atoms with van der Waals surface area (Å²) in [6, 6.07) is 16.3. The monoisotopic (exact) mass is 410 g/mol. The molecule has 0 saturated carbocycles. The summed E-state index contributed by atoms with van der Waals surface area (Å²) in [6.45, 7) is 6.30. The van der Waals surface area contributed by atoms with Crippen molar-refractivity contribution in [3.05, 3.63) is 64.7 Å². The Morgan fingerprint density at radius 1 is 1.07 bits per heavy atom. The zero-order valence-corrected chi connectivity index (χ0v) is 17.5. The second kappa shape index (κ2) is 7.31. The predicted molar refractivity (Wildman–Crippen MR) is 117 cm³/mol. The molecule has 29 heavy (non-hydrogen) atoms. The average molecular weight is 411 g/mol. The number of carbonyl (C=O) groups is 1. The molecule has 3 atom stereocenters. The smallest absolute Gasteiger partial charge is 0.253 e. The molecule has 6 heteroatoms. The van der Waals surface area contributed by atoms with Crippen molar-refractivity contribution in [2.45, 2.75) is 11.5 Å². The van der Waals surface area contributed by atoms with E-state index in [1.807, 2.05) is 19.2 Å². The van der Waals surface area contributed by atoms with Crippen molar-refractivity contribution in [2.75, 3.05) is 51.6 Å². The van der Waals surface area contributed by atoms with Gasteiger partial charge in [0.05, 0.1) is 5.56 Å². The van der Waals surface area contributed by atoms with Crippen LogP contribution in [0.25, 0.3) is 0 Å². The standard InChI is InChI=1S/C23H27ClN4O/c1-25-20-8-7-18(24)11-19(20)22(29)26-21-16-12-27-9-10-28(13-16)15-23(21,14-27)17-5-3-2-4-6-17/h2-8,11,16,21,25H,9-10,12-15H2,1H3,(H,26,29). The van der Waals surface area contributed by atoms with E-state index in [0.29, 0.717) is 16.5 Å². The van der Waals surface area contributed by atoms with Crippen molar-refractivity contribution in [2.24, 2.45) is 5.92 Å². The number of hydrogen-bond donors (Lipinski definition) is 2. The van der Waals surface area contributed by atoms with Crippen LogP contribution >= 0.6 is 11.6 Å². The van der Waals surface area contributed by atoms with Gasteiger partial charge in [-0.1, -0.05) is 41.9 Å². The van der Waals surface area contributed by atoms with Crippen LogP contribution < -0.4 is 10.6 Å². The fourth-order valence-corrected chi connectivity index (χ4v) is 5.88. The number of fused-ring (bicyclic) bond motifs is 1. The normalized spacial score (nSPS) is 32.6. The molecule has 0 aromatic heterocycles. The maximum absolute atomic E-state index is 13.4. The molecule has 6 rings (SSSR count). The Hall–Kier alpha value is -2.08. The predicted octanol–water partition coefficient (Wildman–Crippen LogP) is 2.68. The second-order valence-electron chi connectivity index (χ2n) is 8.64. The lowest BCUT2D eigenvalue weighted by Crippen LogP contribution is -2.70. The van der Waals surface area contributed by atoms with Gasteiger partial charge < -0.3 is 20.4 Å². The van der Waals surface area contributed by atoms with Crippen LogP contribution in [-0.2, 0) is 5.41 Å². The van der Waals surface area contributed by atoms with Crippen molar-refractivity contribution in [3.63, 3.8) is 0 Å². The fourth-order valence-electron chi connectivity index (χ4n) is 5.71. The number of amides is 1. The van der Waals surface area contributed by atoms with E-state index >= 15 is 0 Å². The number of halogens is 1. The molecule has 4 saturated heterocycles. The summed E-state index contributed by atoms with van der Waals surface area (Å²) in [5.74, 6) is 0.370. The first-order chi connectivity index (χ1) is 14.1. The Labute approximate surface area is 177 Å². The van der Waals surface area contributed by atoms with Crippen molar-refractivity contribution in [1.29, 1.82) is 0 Å². The van der Waals surface area contributed by atoms with Crippen LogP contribution in [0.5, 0.6) is 0 Å². The average Bonchev–Trinajstić information content (AvgIpc) is 2.99. The largest absolute Gasteiger partial charge is 0.387 e. The number of rotatable bonds is 4. The summed E-state index contributed by atoms with van der Waals surface area (Å²) in [4.78, 5) is 18.6. The van der Waals surface area contributed by atoms with E-state index in [1.54, 1.807) is 6.07 Å². The number of nitrogens with one attached hydrogen (secondary N) is 2. The highest BCUT2D eigenvalue weighted by molar-refractivity contribution is 6.31. The van der Waals surface area contributed by atoms with Gasteiger partial charge in [0.1, 0.15) is 0 Å². The number of carbonyl (C=O) groups excluding carboxylic acids is 1. The van der Waals surface area contributed by atoms with E-state index in [4.69, 9.17) is 11.6 Å². The second-order valence-corrected chi connectivity index (χ2v) is 9.08. The van der Waals surface area contributed by atoms with Gasteiger partial charge in [-0.15, -0.1) is 0 Å². The molecule has 4 aliphatic heterocycles. The van der Waals surface area contributed by atoms with Gasteiger partial charge in [-0.05, 0) is 23.8 Å². The van der Waals surface area contributed by atoms with Gasteiger partial charge in [-0.3, -0.25) is 4.79 Å². The molecule has 3 unspecified atom stereocenters. The quantitative estimate of drug-likeness (QED) is 0.813. The first kappa shape index (κ1) is 18.9. The lowest BCUT2D eigenvalue weighted by Gasteiger charge is -2.55. The molecular formula is C23H27ClN4O. The third-order valence-electron chi connectivity index (χ3n) is 6.93. The minimum absolute atomic E-state index is 0.0479. The SMILES string of the molecule is CNc1ccc(Cl)cc1C(=O)NC1C2CN3CCN(C2)CC1(c1ccccc1)C3. The zero-order chi connectivity index (χ0) is 20.0. The topological polar surface area (TPSA) is 47.6 Å². The van der Waals surface area contributed by atoms with E-state index in [9.17, 15) is 4.79 Å². The van der Waals surface area contributed by atoms with Gasteiger partial charge >= 0.3 is 0 Å². The first-order valence-corrected chi connectivity index (χ1v) is 10.8. The Balaban J connectivity index is 1.53. The van der Waals surface area contributed by atoms with Crippen LogP contribution in [0.15, 0.2) is 48.5 Å². The highest BCUT2D eigenvalue weighted by Gasteiger charge is 2.55. The van der Waals surface area contributed by atoms with E-state index in [0.717, 1.165) is 45.0 Å². The van der Waals surface area contributed by atoms with E-state index in [1.165, 1.54) is 5.56 Å². The Morgan fingerprint density at radius 3 is 2.41 bits per heavy atom. The molecule has 1 amide bonds. The molecule has 2 aromatic carbocycles. The number of piperidine rings is 2. The lowest BCUT2D eigenvalue weighted by molar-refractivity contribution is 0.0181. The van der Waals surface area contributed by atoms with Crippen LogP contribution in [0.4, 0.5) is 5.69 Å². The summed E-state index contributed by atoms with van der Waals surface area (Å²) >= 11 is 6.21. The van der Waals surface area contributed by atoms with Crippen LogP contribution in [0, 0.1) is 5.92 Å². The molecule has 2 N–H and O–H groups in total. The molecule has 4 bridgehead atoms. The van der Waals surface area contributed by atoms with Crippen LogP contribution in [0.3, 0.4) is 0 Å². The van der Waals surface area contributed by atoms with Crippen LogP contribution in [0.2, 0.25) is 5.02 Å². The summed E-state index contributed by atoms with van der Waals surface area (Å²) in [5, 5.41) is 7.15. The number of hydrogen-bond acceptors (Lipinski definition) is 4. The number of anilines is 1. The highest BCUT2D eigenvalue weighted by atomic mass is 35.5. The zero-order valence-electron chi connectivity index (χ0n) is 16.7. The molecule has 2 aromatic rings. The number of benzene rings is 2. The fraction of sp³-hybridized carbons (Fsp3) is 0.435. The van der Waals surface area contributed by atoms with Gasteiger partial charge in [-0.25, -0.2) is 0 Å². The molecular weight excluding hydrogens is 384 g/mol.